The van der Waals surface area contributed by atoms with Gasteiger partial charge in [-0.1, -0.05) is 20.3 Å². The Labute approximate surface area is 190 Å². The molecule has 13 nitrogen and oxygen atoms in total. The van der Waals surface area contributed by atoms with E-state index in [1.165, 1.54) is 0 Å². The minimum Gasteiger partial charge on any atom is -0.481 e. The first-order valence-electron chi connectivity index (χ1n) is 9.84. The standard InChI is InChI=1S/C18H31N5O8S/c1-3-8(2)14(18(30)31)23-16(28)10(4-5-13(25)26)21-17(29)11(7-32)22-15(27)9(19)6-12(20)24/h8-11,14,32H,3-7,19H2,1-2H3,(H2,20,24)(H,21,29)(H,22,27)(H,23,28)(H,25,26)(H,30,31). The molecule has 0 saturated carbocycles. The fourth-order valence-corrected chi connectivity index (χ4v) is 2.79. The third kappa shape index (κ3) is 10.4. The number of rotatable bonds is 15. The lowest BCUT2D eigenvalue weighted by Crippen LogP contribution is -2.58. The van der Waals surface area contributed by atoms with Gasteiger partial charge in [-0.25, -0.2) is 4.79 Å². The summed E-state index contributed by atoms with van der Waals surface area (Å²) >= 11 is 3.97. The number of carboxylic acids is 2. The molecule has 0 heterocycles. The lowest BCUT2D eigenvalue weighted by atomic mass is 9.98. The van der Waals surface area contributed by atoms with Crippen molar-refractivity contribution >= 4 is 48.2 Å². The van der Waals surface area contributed by atoms with E-state index in [2.05, 4.69) is 28.6 Å². The molecule has 0 aromatic carbocycles. The van der Waals surface area contributed by atoms with Crippen molar-refractivity contribution in [2.24, 2.45) is 17.4 Å². The van der Waals surface area contributed by atoms with Crippen LogP contribution in [0.3, 0.4) is 0 Å². The van der Waals surface area contributed by atoms with Crippen molar-refractivity contribution in [3.63, 3.8) is 0 Å². The van der Waals surface area contributed by atoms with Crippen LogP contribution >= 0.6 is 12.6 Å². The fourth-order valence-electron chi connectivity index (χ4n) is 2.53. The maximum atomic E-state index is 12.6. The first-order chi connectivity index (χ1) is 14.8. The van der Waals surface area contributed by atoms with Gasteiger partial charge in [0.25, 0.3) is 0 Å². The third-order valence-electron chi connectivity index (χ3n) is 4.63. The lowest BCUT2D eigenvalue weighted by Gasteiger charge is -2.26. The summed E-state index contributed by atoms with van der Waals surface area (Å²) in [4.78, 5) is 70.5. The van der Waals surface area contributed by atoms with Gasteiger partial charge in [-0.05, 0) is 12.3 Å². The Morgan fingerprint density at radius 2 is 1.47 bits per heavy atom. The molecule has 0 aliphatic heterocycles. The van der Waals surface area contributed by atoms with Gasteiger partial charge in [-0.3, -0.25) is 24.0 Å². The highest BCUT2D eigenvalue weighted by Crippen LogP contribution is 2.09. The van der Waals surface area contributed by atoms with Crippen LogP contribution in [0.25, 0.3) is 0 Å². The predicted molar refractivity (Wildman–Crippen MR) is 115 cm³/mol. The van der Waals surface area contributed by atoms with Gasteiger partial charge in [0.15, 0.2) is 0 Å². The highest BCUT2D eigenvalue weighted by molar-refractivity contribution is 7.80. The molecule has 182 valence electrons. The summed E-state index contributed by atoms with van der Waals surface area (Å²) in [5.74, 6) is -6.58. The summed E-state index contributed by atoms with van der Waals surface area (Å²) in [6.07, 6.45) is -0.819. The number of aliphatic carboxylic acids is 2. The van der Waals surface area contributed by atoms with Gasteiger partial charge in [0.2, 0.25) is 23.6 Å². The highest BCUT2D eigenvalue weighted by atomic mass is 32.1. The van der Waals surface area contributed by atoms with Gasteiger partial charge in [-0.2, -0.15) is 12.6 Å². The van der Waals surface area contributed by atoms with E-state index < -0.39 is 78.5 Å². The third-order valence-corrected chi connectivity index (χ3v) is 5.00. The molecule has 0 aromatic heterocycles. The molecule has 5 atom stereocenters. The molecule has 14 heteroatoms. The van der Waals surface area contributed by atoms with E-state index in [0.29, 0.717) is 6.42 Å². The number of carbonyl (C=O) groups excluding carboxylic acids is 4. The van der Waals surface area contributed by atoms with Gasteiger partial charge in [0, 0.05) is 12.2 Å². The van der Waals surface area contributed by atoms with E-state index in [0.717, 1.165) is 0 Å². The highest BCUT2D eigenvalue weighted by Gasteiger charge is 2.32. The Hall–Kier alpha value is -2.87. The van der Waals surface area contributed by atoms with Crippen LogP contribution in [0, 0.1) is 5.92 Å². The molecule has 0 aliphatic rings. The number of nitrogens with one attached hydrogen (secondary N) is 3. The summed E-state index contributed by atoms with van der Waals surface area (Å²) in [6, 6.07) is -5.21. The quantitative estimate of drug-likeness (QED) is 0.117. The zero-order valence-corrected chi connectivity index (χ0v) is 18.8. The van der Waals surface area contributed by atoms with Crippen molar-refractivity contribution in [1.82, 2.24) is 16.0 Å². The normalized spacial score (nSPS) is 15.4. The fraction of sp³-hybridized carbons (Fsp3) is 0.667. The van der Waals surface area contributed by atoms with Crippen molar-refractivity contribution < 1.29 is 39.0 Å². The molecular formula is C18H31N5O8S. The Kier molecular flexibility index (Phi) is 13.0. The summed E-state index contributed by atoms with van der Waals surface area (Å²) in [7, 11) is 0. The van der Waals surface area contributed by atoms with Gasteiger partial charge in [-0.15, -0.1) is 0 Å². The second-order valence-electron chi connectivity index (χ2n) is 7.22. The zero-order chi connectivity index (χ0) is 25.0. The molecule has 0 aromatic rings. The largest absolute Gasteiger partial charge is 0.481 e. The molecule has 0 radical (unpaired) electrons. The molecule has 0 saturated heterocycles. The number of carbonyl (C=O) groups is 6. The minimum absolute atomic E-state index is 0.210. The molecule has 0 rings (SSSR count). The predicted octanol–water partition coefficient (Wildman–Crippen LogP) is -2.43. The molecule has 0 fully saturated rings. The SMILES string of the molecule is CCC(C)C(NC(=O)C(CCC(=O)O)NC(=O)C(CS)NC(=O)C(N)CC(N)=O)C(=O)O. The maximum Gasteiger partial charge on any atom is 0.326 e. The summed E-state index contributed by atoms with van der Waals surface area (Å²) < 4.78 is 0. The van der Waals surface area contributed by atoms with Crippen LogP contribution in [0.5, 0.6) is 0 Å². The van der Waals surface area contributed by atoms with Crippen LogP contribution in [0.15, 0.2) is 0 Å². The van der Waals surface area contributed by atoms with E-state index in [1.54, 1.807) is 13.8 Å². The van der Waals surface area contributed by atoms with E-state index in [-0.39, 0.29) is 12.2 Å². The molecule has 0 spiro atoms. The average Bonchev–Trinajstić information content (AvgIpc) is 2.70. The molecular weight excluding hydrogens is 446 g/mol. The number of primary amides is 1. The molecule has 32 heavy (non-hydrogen) atoms. The first-order valence-corrected chi connectivity index (χ1v) is 10.5. The zero-order valence-electron chi connectivity index (χ0n) is 17.9. The smallest absolute Gasteiger partial charge is 0.326 e. The molecule has 9 N–H and O–H groups in total. The number of nitrogens with two attached hydrogens (primary N) is 2. The van der Waals surface area contributed by atoms with E-state index in [1.807, 2.05) is 0 Å². The number of carboxylic acid groups (broad SMARTS) is 2. The summed E-state index contributed by atoms with van der Waals surface area (Å²) in [5.41, 5.74) is 10.5. The second-order valence-corrected chi connectivity index (χ2v) is 7.59. The van der Waals surface area contributed by atoms with Crippen molar-refractivity contribution in [3.05, 3.63) is 0 Å². The Balaban J connectivity index is 5.39. The van der Waals surface area contributed by atoms with E-state index in [9.17, 15) is 33.9 Å². The second kappa shape index (κ2) is 14.2. The van der Waals surface area contributed by atoms with Crippen molar-refractivity contribution in [2.75, 3.05) is 5.75 Å². The van der Waals surface area contributed by atoms with Crippen molar-refractivity contribution in [3.8, 4) is 0 Å². The van der Waals surface area contributed by atoms with Crippen molar-refractivity contribution in [1.29, 1.82) is 0 Å². The summed E-state index contributed by atoms with van der Waals surface area (Å²) in [6.45, 7) is 3.35. The molecule has 0 aliphatic carbocycles. The topological polar surface area (TPSA) is 231 Å². The molecule has 0 bridgehead atoms. The first kappa shape index (κ1) is 29.1. The molecule has 4 amide bonds. The number of amides is 4. The number of hydrogen-bond acceptors (Lipinski definition) is 8. The average molecular weight is 478 g/mol. The van der Waals surface area contributed by atoms with Crippen LogP contribution in [0.1, 0.15) is 39.5 Å². The van der Waals surface area contributed by atoms with Crippen LogP contribution in [0.4, 0.5) is 0 Å². The van der Waals surface area contributed by atoms with Crippen LogP contribution in [-0.4, -0.2) is 75.7 Å². The van der Waals surface area contributed by atoms with Crippen molar-refractivity contribution in [2.45, 2.75) is 63.7 Å². The Morgan fingerprint density at radius 3 is 1.91 bits per heavy atom. The number of thiol groups is 1. The Bertz CT molecular complexity index is 719. The Morgan fingerprint density at radius 1 is 0.938 bits per heavy atom. The van der Waals surface area contributed by atoms with Gasteiger partial charge >= 0.3 is 11.9 Å². The van der Waals surface area contributed by atoms with E-state index >= 15 is 0 Å². The van der Waals surface area contributed by atoms with Gasteiger partial charge in [0.1, 0.15) is 18.1 Å². The van der Waals surface area contributed by atoms with Crippen LogP contribution in [-0.2, 0) is 28.8 Å². The minimum atomic E-state index is -1.39. The molecule has 5 unspecified atom stereocenters. The van der Waals surface area contributed by atoms with Crippen LogP contribution < -0.4 is 27.4 Å². The van der Waals surface area contributed by atoms with Gasteiger partial charge < -0.3 is 37.6 Å². The summed E-state index contributed by atoms with van der Waals surface area (Å²) in [5, 5.41) is 25.2. The number of hydrogen-bond donors (Lipinski definition) is 8. The lowest BCUT2D eigenvalue weighted by molar-refractivity contribution is -0.144. The van der Waals surface area contributed by atoms with Gasteiger partial charge in [0.05, 0.1) is 12.5 Å². The maximum absolute atomic E-state index is 12.6. The monoisotopic (exact) mass is 477 g/mol. The van der Waals surface area contributed by atoms with E-state index in [4.69, 9.17) is 16.6 Å². The van der Waals surface area contributed by atoms with Crippen LogP contribution in [0.2, 0.25) is 0 Å².